The van der Waals surface area contributed by atoms with Crippen molar-refractivity contribution in [2.75, 3.05) is 13.1 Å². The summed E-state index contributed by atoms with van der Waals surface area (Å²) >= 11 is 1.29. The minimum atomic E-state index is -0.359. The Balaban J connectivity index is 2.00. The highest BCUT2D eigenvalue weighted by molar-refractivity contribution is 8.00. The van der Waals surface area contributed by atoms with E-state index in [4.69, 9.17) is 0 Å². The first-order valence-corrected chi connectivity index (χ1v) is 6.07. The summed E-state index contributed by atoms with van der Waals surface area (Å²) in [6.07, 6.45) is 1.57. The van der Waals surface area contributed by atoms with Crippen LogP contribution in [0.2, 0.25) is 0 Å². The van der Waals surface area contributed by atoms with Crippen LogP contribution < -0.4 is 5.32 Å². The topological polar surface area (TPSA) is 80.1 Å². The van der Waals surface area contributed by atoms with Gasteiger partial charge in [-0.2, -0.15) is 0 Å². The van der Waals surface area contributed by atoms with E-state index in [1.165, 1.54) is 16.7 Å². The average molecular weight is 255 g/mol. The quantitative estimate of drug-likeness (QED) is 0.760. The van der Waals surface area contributed by atoms with Gasteiger partial charge in [0.2, 0.25) is 5.91 Å². The monoisotopic (exact) mass is 255 g/mol. The van der Waals surface area contributed by atoms with Gasteiger partial charge in [0.15, 0.2) is 5.16 Å². The van der Waals surface area contributed by atoms with Crippen molar-refractivity contribution in [3.8, 4) is 0 Å². The van der Waals surface area contributed by atoms with Crippen LogP contribution in [0.15, 0.2) is 11.5 Å². The Labute approximate surface area is 103 Å². The molecule has 8 heteroatoms. The van der Waals surface area contributed by atoms with E-state index in [1.54, 1.807) is 17.8 Å². The second-order valence-corrected chi connectivity index (χ2v) is 5.01. The van der Waals surface area contributed by atoms with Crippen LogP contribution in [0.4, 0.5) is 4.79 Å². The van der Waals surface area contributed by atoms with Gasteiger partial charge in [-0.3, -0.25) is 9.69 Å². The van der Waals surface area contributed by atoms with Crippen molar-refractivity contribution in [1.82, 2.24) is 25.0 Å². The molecule has 92 valence electrons. The molecule has 1 aromatic rings. The number of aromatic nitrogens is 3. The molecule has 0 bridgehead atoms. The summed E-state index contributed by atoms with van der Waals surface area (Å²) in [6.45, 7) is 2.71. The summed E-state index contributed by atoms with van der Waals surface area (Å²) in [7, 11) is 1.81. The Morgan fingerprint density at radius 2 is 2.41 bits per heavy atom. The highest BCUT2D eigenvalue weighted by Gasteiger charge is 2.30. The van der Waals surface area contributed by atoms with E-state index in [0.29, 0.717) is 18.2 Å². The van der Waals surface area contributed by atoms with Crippen molar-refractivity contribution in [3.63, 3.8) is 0 Å². The Morgan fingerprint density at radius 3 is 2.94 bits per heavy atom. The van der Waals surface area contributed by atoms with E-state index in [2.05, 4.69) is 15.5 Å². The Morgan fingerprint density at radius 1 is 1.65 bits per heavy atom. The van der Waals surface area contributed by atoms with Gasteiger partial charge in [0.25, 0.3) is 0 Å². The van der Waals surface area contributed by atoms with Gasteiger partial charge in [-0.05, 0) is 6.92 Å². The van der Waals surface area contributed by atoms with Crippen molar-refractivity contribution < 1.29 is 9.59 Å². The first-order chi connectivity index (χ1) is 8.09. The lowest BCUT2D eigenvalue weighted by molar-refractivity contribution is -0.126. The first-order valence-electron chi connectivity index (χ1n) is 5.19. The number of rotatable bonds is 3. The summed E-state index contributed by atoms with van der Waals surface area (Å²) in [4.78, 5) is 24.6. The molecule has 7 nitrogen and oxygen atoms in total. The van der Waals surface area contributed by atoms with Crippen LogP contribution in [0.25, 0.3) is 0 Å². The smallest absolute Gasteiger partial charge is 0.324 e. The van der Waals surface area contributed by atoms with E-state index in [9.17, 15) is 9.59 Å². The predicted molar refractivity (Wildman–Crippen MR) is 61.4 cm³/mol. The van der Waals surface area contributed by atoms with Crippen LogP contribution in [-0.2, 0) is 11.8 Å². The van der Waals surface area contributed by atoms with Gasteiger partial charge in [-0.15, -0.1) is 10.2 Å². The average Bonchev–Trinajstić information content (AvgIpc) is 2.88. The number of carbonyl (C=O) groups excluding carboxylic acids is 2. The molecule has 0 aliphatic carbocycles. The molecule has 0 aromatic carbocycles. The molecule has 1 aromatic heterocycles. The Kier molecular flexibility index (Phi) is 3.32. The normalized spacial score (nSPS) is 17.1. The molecular formula is C9H13N5O2S. The summed E-state index contributed by atoms with van der Waals surface area (Å²) in [6, 6.07) is -0.319. The fraction of sp³-hybridized carbons (Fsp3) is 0.556. The molecule has 1 fully saturated rings. The van der Waals surface area contributed by atoms with Crippen molar-refractivity contribution in [2.45, 2.75) is 17.3 Å². The highest BCUT2D eigenvalue weighted by atomic mass is 32.2. The number of nitrogens with one attached hydrogen (secondary N) is 1. The van der Waals surface area contributed by atoms with Gasteiger partial charge >= 0.3 is 6.03 Å². The summed E-state index contributed by atoms with van der Waals surface area (Å²) < 4.78 is 1.73. The zero-order chi connectivity index (χ0) is 12.4. The second-order valence-electron chi connectivity index (χ2n) is 3.71. The molecule has 17 heavy (non-hydrogen) atoms. The van der Waals surface area contributed by atoms with Crippen LogP contribution in [-0.4, -0.2) is 49.9 Å². The number of urea groups is 1. The number of carbonyl (C=O) groups is 2. The van der Waals surface area contributed by atoms with E-state index in [0.717, 1.165) is 0 Å². The summed E-state index contributed by atoms with van der Waals surface area (Å²) in [5.41, 5.74) is 0. The molecular weight excluding hydrogens is 242 g/mol. The molecule has 1 saturated heterocycles. The van der Waals surface area contributed by atoms with Gasteiger partial charge in [0.1, 0.15) is 6.33 Å². The van der Waals surface area contributed by atoms with E-state index in [-0.39, 0.29) is 17.2 Å². The molecule has 1 N–H and O–H groups in total. The van der Waals surface area contributed by atoms with Crippen LogP contribution in [0.3, 0.4) is 0 Å². The van der Waals surface area contributed by atoms with Crippen LogP contribution in [0, 0.1) is 0 Å². The minimum absolute atomic E-state index is 0.201. The number of imide groups is 1. The SMILES string of the molecule is C[C@H](Sc1nncn1C)C(=O)N1CCNC1=O. The zero-order valence-corrected chi connectivity index (χ0v) is 10.4. The highest BCUT2D eigenvalue weighted by Crippen LogP contribution is 2.22. The molecule has 0 radical (unpaired) electrons. The van der Waals surface area contributed by atoms with E-state index in [1.807, 2.05) is 7.05 Å². The number of hydrogen-bond donors (Lipinski definition) is 1. The lowest BCUT2D eigenvalue weighted by Crippen LogP contribution is -2.39. The van der Waals surface area contributed by atoms with Crippen molar-refractivity contribution >= 4 is 23.7 Å². The van der Waals surface area contributed by atoms with Crippen LogP contribution >= 0.6 is 11.8 Å². The Bertz CT molecular complexity index is 446. The lowest BCUT2D eigenvalue weighted by Gasteiger charge is -2.16. The zero-order valence-electron chi connectivity index (χ0n) is 9.58. The molecule has 0 unspecified atom stereocenters. The third kappa shape index (κ3) is 2.41. The molecule has 2 heterocycles. The lowest BCUT2D eigenvalue weighted by atomic mass is 10.4. The van der Waals surface area contributed by atoms with Crippen LogP contribution in [0.5, 0.6) is 0 Å². The first kappa shape index (κ1) is 11.9. The van der Waals surface area contributed by atoms with Gasteiger partial charge in [0, 0.05) is 20.1 Å². The molecule has 0 spiro atoms. The number of nitrogens with zero attached hydrogens (tertiary/aromatic N) is 4. The van der Waals surface area contributed by atoms with Gasteiger partial charge in [0.05, 0.1) is 5.25 Å². The fourth-order valence-electron chi connectivity index (χ4n) is 1.49. The minimum Gasteiger partial charge on any atom is -0.336 e. The standard InChI is InChI=1S/C9H13N5O2S/c1-6(17-9-12-11-5-13(9)2)7(15)14-4-3-10-8(14)16/h5-6H,3-4H2,1-2H3,(H,10,16)/t6-/m0/s1. The largest absolute Gasteiger partial charge is 0.336 e. The van der Waals surface area contributed by atoms with E-state index >= 15 is 0 Å². The fourth-order valence-corrected chi connectivity index (χ4v) is 2.34. The van der Waals surface area contributed by atoms with Crippen molar-refractivity contribution in [2.24, 2.45) is 7.05 Å². The number of amides is 3. The molecule has 0 saturated carbocycles. The summed E-state index contributed by atoms with van der Waals surface area (Å²) in [5.74, 6) is -0.201. The molecule has 1 aliphatic rings. The molecule has 2 rings (SSSR count). The molecule has 1 aliphatic heterocycles. The number of hydrogen-bond acceptors (Lipinski definition) is 5. The molecule has 3 amide bonds. The molecule has 1 atom stereocenters. The number of thioether (sulfide) groups is 1. The van der Waals surface area contributed by atoms with Crippen molar-refractivity contribution in [1.29, 1.82) is 0 Å². The van der Waals surface area contributed by atoms with Crippen molar-refractivity contribution in [3.05, 3.63) is 6.33 Å². The maximum absolute atomic E-state index is 12.0. The van der Waals surface area contributed by atoms with Crippen LogP contribution in [0.1, 0.15) is 6.92 Å². The number of aryl methyl sites for hydroxylation is 1. The van der Waals surface area contributed by atoms with Gasteiger partial charge in [-0.1, -0.05) is 11.8 Å². The second kappa shape index (κ2) is 4.74. The van der Waals surface area contributed by atoms with Gasteiger partial charge < -0.3 is 9.88 Å². The summed E-state index contributed by atoms with van der Waals surface area (Å²) in [5, 5.41) is 10.5. The third-order valence-corrected chi connectivity index (χ3v) is 3.56. The Hall–Kier alpha value is -1.57. The predicted octanol–water partition coefficient (Wildman–Crippen LogP) is -0.152. The third-order valence-electron chi connectivity index (χ3n) is 2.42. The van der Waals surface area contributed by atoms with Gasteiger partial charge in [-0.25, -0.2) is 4.79 Å². The van der Waals surface area contributed by atoms with E-state index < -0.39 is 0 Å². The maximum Gasteiger partial charge on any atom is 0.324 e. The maximum atomic E-state index is 12.0.